The van der Waals surface area contributed by atoms with Crippen molar-refractivity contribution in [2.24, 2.45) is 4.99 Å². The minimum atomic E-state index is -0.470. The number of hydrogen-bond donors (Lipinski definition) is 0. The van der Waals surface area contributed by atoms with E-state index in [1.165, 1.54) is 0 Å². The molecule has 0 spiro atoms. The summed E-state index contributed by atoms with van der Waals surface area (Å²) in [6.07, 6.45) is 2.39. The highest BCUT2D eigenvalue weighted by Gasteiger charge is 2.23. The first-order valence-electron chi connectivity index (χ1n) is 9.87. The predicted molar refractivity (Wildman–Crippen MR) is 121 cm³/mol. The second kappa shape index (κ2) is 9.96. The second-order valence-electron chi connectivity index (χ2n) is 6.76. The molecule has 0 saturated heterocycles. The summed E-state index contributed by atoms with van der Waals surface area (Å²) in [7, 11) is 0. The van der Waals surface area contributed by atoms with Crippen LogP contribution in [0.4, 0.5) is 0 Å². The van der Waals surface area contributed by atoms with E-state index in [0.717, 1.165) is 11.1 Å². The number of hydrogen-bond acceptors (Lipinski definition) is 5. The van der Waals surface area contributed by atoms with Gasteiger partial charge in [-0.2, -0.15) is 0 Å². The van der Waals surface area contributed by atoms with Crippen molar-refractivity contribution in [1.29, 1.82) is 0 Å². The molecule has 31 heavy (non-hydrogen) atoms. The maximum absolute atomic E-state index is 12.2. The summed E-state index contributed by atoms with van der Waals surface area (Å²) < 4.78 is 16.7. The number of carbonyl (C=O) groups is 1. The van der Waals surface area contributed by atoms with Gasteiger partial charge >= 0.3 is 5.97 Å². The van der Waals surface area contributed by atoms with E-state index in [1.54, 1.807) is 12.1 Å². The number of cyclic esters (lactones) is 1. The van der Waals surface area contributed by atoms with Crippen molar-refractivity contribution in [2.75, 3.05) is 13.2 Å². The molecular formula is C25H20ClNO4. The molecule has 0 aliphatic carbocycles. The Kier molecular flexibility index (Phi) is 6.65. The first kappa shape index (κ1) is 20.7. The molecule has 6 heteroatoms. The van der Waals surface area contributed by atoms with Crippen LogP contribution in [0.25, 0.3) is 6.08 Å². The van der Waals surface area contributed by atoms with E-state index in [0.29, 0.717) is 42.1 Å². The molecule has 0 N–H and O–H groups in total. The van der Waals surface area contributed by atoms with Crippen molar-refractivity contribution in [3.8, 4) is 11.5 Å². The largest absolute Gasteiger partial charge is 0.493 e. The molecular weight excluding hydrogens is 414 g/mol. The molecule has 1 aliphatic heterocycles. The van der Waals surface area contributed by atoms with Gasteiger partial charge in [0.05, 0.1) is 18.2 Å². The molecule has 0 saturated carbocycles. The summed E-state index contributed by atoms with van der Waals surface area (Å²) in [6.45, 7) is 0.985. The van der Waals surface area contributed by atoms with Crippen LogP contribution >= 0.6 is 11.6 Å². The van der Waals surface area contributed by atoms with E-state index in [9.17, 15) is 4.79 Å². The van der Waals surface area contributed by atoms with E-state index in [-0.39, 0.29) is 5.70 Å². The number of aliphatic imine (C=N–C) groups is 1. The highest BCUT2D eigenvalue weighted by molar-refractivity contribution is 6.32. The van der Waals surface area contributed by atoms with Gasteiger partial charge in [0.1, 0.15) is 11.5 Å². The third kappa shape index (κ3) is 5.53. The number of rotatable bonds is 8. The summed E-state index contributed by atoms with van der Waals surface area (Å²) in [5, 5.41) is 0.590. The summed E-state index contributed by atoms with van der Waals surface area (Å²) in [6, 6.07) is 24.2. The molecule has 1 aliphatic rings. The lowest BCUT2D eigenvalue weighted by molar-refractivity contribution is -0.129. The zero-order chi connectivity index (χ0) is 21.5. The van der Waals surface area contributed by atoms with Crippen molar-refractivity contribution < 1.29 is 19.0 Å². The number of esters is 1. The topological polar surface area (TPSA) is 57.1 Å². The quantitative estimate of drug-likeness (QED) is 0.266. The van der Waals surface area contributed by atoms with E-state index < -0.39 is 5.97 Å². The standard InChI is InChI=1S/C25H20ClNO4/c26-21-12-4-5-13-23(21)30-15-7-14-29-20-11-6-8-18(16-20)17-22-25(28)31-24(27-22)19-9-2-1-3-10-19/h1-6,8-13,16-17H,7,14-15H2/b22-17+. The molecule has 3 aromatic rings. The Morgan fingerprint density at radius 3 is 2.52 bits per heavy atom. The normalized spacial score (nSPS) is 14.3. The number of halogens is 1. The average Bonchev–Trinajstić information content (AvgIpc) is 3.16. The zero-order valence-corrected chi connectivity index (χ0v) is 17.4. The van der Waals surface area contributed by atoms with Crippen LogP contribution in [0.5, 0.6) is 11.5 Å². The molecule has 5 nitrogen and oxygen atoms in total. The van der Waals surface area contributed by atoms with Crippen LogP contribution < -0.4 is 9.47 Å². The van der Waals surface area contributed by atoms with Crippen molar-refractivity contribution in [3.63, 3.8) is 0 Å². The van der Waals surface area contributed by atoms with Crippen molar-refractivity contribution in [2.45, 2.75) is 6.42 Å². The van der Waals surface area contributed by atoms with Gasteiger partial charge in [0.2, 0.25) is 5.90 Å². The number of para-hydroxylation sites is 1. The monoisotopic (exact) mass is 433 g/mol. The Bertz CT molecular complexity index is 1130. The van der Waals surface area contributed by atoms with Crippen molar-refractivity contribution in [1.82, 2.24) is 0 Å². The van der Waals surface area contributed by atoms with Crippen molar-refractivity contribution in [3.05, 3.63) is 101 Å². The molecule has 0 fully saturated rings. The van der Waals surface area contributed by atoms with Gasteiger partial charge in [-0.05, 0) is 48.0 Å². The van der Waals surface area contributed by atoms with Crippen LogP contribution in [0.3, 0.4) is 0 Å². The summed E-state index contributed by atoms with van der Waals surface area (Å²) in [5.41, 5.74) is 1.81. The third-order valence-electron chi connectivity index (χ3n) is 4.45. The third-order valence-corrected chi connectivity index (χ3v) is 4.77. The van der Waals surface area contributed by atoms with Crippen LogP contribution in [0, 0.1) is 0 Å². The lowest BCUT2D eigenvalue weighted by Gasteiger charge is -2.09. The number of ether oxygens (including phenoxy) is 3. The second-order valence-corrected chi connectivity index (χ2v) is 7.16. The maximum Gasteiger partial charge on any atom is 0.363 e. The Morgan fingerprint density at radius 2 is 1.68 bits per heavy atom. The van der Waals surface area contributed by atoms with Gasteiger partial charge in [0.15, 0.2) is 5.70 Å². The van der Waals surface area contributed by atoms with Gasteiger partial charge in [-0.3, -0.25) is 0 Å². The maximum atomic E-state index is 12.2. The van der Waals surface area contributed by atoms with Gasteiger partial charge in [-0.1, -0.05) is 54.1 Å². The molecule has 0 amide bonds. The van der Waals surface area contributed by atoms with E-state index in [2.05, 4.69) is 4.99 Å². The van der Waals surface area contributed by atoms with Crippen LogP contribution in [0.2, 0.25) is 5.02 Å². The molecule has 1 heterocycles. The highest BCUT2D eigenvalue weighted by Crippen LogP contribution is 2.24. The van der Waals surface area contributed by atoms with Gasteiger partial charge in [-0.15, -0.1) is 0 Å². The predicted octanol–water partition coefficient (Wildman–Crippen LogP) is 5.53. The number of nitrogens with zero attached hydrogens (tertiary/aromatic N) is 1. The average molecular weight is 434 g/mol. The lowest BCUT2D eigenvalue weighted by Crippen LogP contribution is -2.05. The van der Waals surface area contributed by atoms with Crippen LogP contribution in [0.15, 0.2) is 89.6 Å². The van der Waals surface area contributed by atoms with Gasteiger partial charge in [-0.25, -0.2) is 9.79 Å². The SMILES string of the molecule is O=C1OC(c2ccccc2)=N/C1=C/c1cccc(OCCCOc2ccccc2Cl)c1. The van der Waals surface area contributed by atoms with Crippen LogP contribution in [-0.2, 0) is 9.53 Å². The molecule has 156 valence electrons. The molecule has 0 atom stereocenters. The first-order chi connectivity index (χ1) is 15.2. The lowest BCUT2D eigenvalue weighted by atomic mass is 10.2. The van der Waals surface area contributed by atoms with Gasteiger partial charge in [0.25, 0.3) is 0 Å². The van der Waals surface area contributed by atoms with Crippen LogP contribution in [-0.4, -0.2) is 25.1 Å². The fraction of sp³-hybridized carbons (Fsp3) is 0.120. The Labute approximate surface area is 185 Å². The minimum absolute atomic E-state index is 0.254. The smallest absolute Gasteiger partial charge is 0.363 e. The first-order valence-corrected chi connectivity index (χ1v) is 10.2. The van der Waals surface area contributed by atoms with E-state index in [4.69, 9.17) is 25.8 Å². The molecule has 3 aromatic carbocycles. The Morgan fingerprint density at radius 1 is 0.903 bits per heavy atom. The van der Waals surface area contributed by atoms with E-state index >= 15 is 0 Å². The van der Waals surface area contributed by atoms with Gasteiger partial charge in [0, 0.05) is 12.0 Å². The molecule has 0 radical (unpaired) electrons. The van der Waals surface area contributed by atoms with Crippen LogP contribution in [0.1, 0.15) is 17.5 Å². The van der Waals surface area contributed by atoms with E-state index in [1.807, 2.05) is 72.8 Å². The molecule has 0 bridgehead atoms. The summed E-state index contributed by atoms with van der Waals surface area (Å²) in [4.78, 5) is 16.5. The highest BCUT2D eigenvalue weighted by atomic mass is 35.5. The Hall–Kier alpha value is -3.57. The fourth-order valence-corrected chi connectivity index (χ4v) is 3.15. The molecule has 0 unspecified atom stereocenters. The summed E-state index contributed by atoms with van der Waals surface area (Å²) >= 11 is 6.07. The summed E-state index contributed by atoms with van der Waals surface area (Å²) in [5.74, 6) is 1.20. The minimum Gasteiger partial charge on any atom is -0.493 e. The number of benzene rings is 3. The van der Waals surface area contributed by atoms with Gasteiger partial charge < -0.3 is 14.2 Å². The molecule has 4 rings (SSSR count). The fourth-order valence-electron chi connectivity index (χ4n) is 2.96. The zero-order valence-electron chi connectivity index (χ0n) is 16.7. The number of carbonyl (C=O) groups excluding carboxylic acids is 1. The Balaban J connectivity index is 1.33. The van der Waals surface area contributed by atoms with Crippen molar-refractivity contribution >= 4 is 29.5 Å². The molecule has 0 aromatic heterocycles.